The van der Waals surface area contributed by atoms with E-state index in [0.717, 1.165) is 6.07 Å². The Labute approximate surface area is 140 Å². The molecule has 1 aromatic carbocycles. The molecule has 8 heteroatoms. The first-order valence-corrected chi connectivity index (χ1v) is 7.44. The summed E-state index contributed by atoms with van der Waals surface area (Å²) in [5, 5.41) is 9.99. The Bertz CT molecular complexity index is 641. The summed E-state index contributed by atoms with van der Waals surface area (Å²) in [4.78, 5) is 35.4. The van der Waals surface area contributed by atoms with E-state index in [9.17, 15) is 18.8 Å². The molecule has 4 N–H and O–H groups in total. The molecule has 0 radical (unpaired) electrons. The number of hydrogen-bond acceptors (Lipinski definition) is 3. The molecule has 0 spiro atoms. The third-order valence-corrected chi connectivity index (χ3v) is 2.94. The predicted molar refractivity (Wildman–Crippen MR) is 89.3 cm³/mol. The maximum atomic E-state index is 13.6. The van der Waals surface area contributed by atoms with Crippen LogP contribution in [0.3, 0.4) is 0 Å². The molecule has 0 heterocycles. The fourth-order valence-corrected chi connectivity index (χ4v) is 1.82. The van der Waals surface area contributed by atoms with Crippen molar-refractivity contribution in [2.75, 3.05) is 12.4 Å². The minimum Gasteiger partial charge on any atom is -0.355 e. The van der Waals surface area contributed by atoms with E-state index in [2.05, 4.69) is 21.3 Å². The fourth-order valence-electron chi connectivity index (χ4n) is 1.82. The SMILES string of the molecule is CNC(=O)c1cc(NC(=O)NC(C)C(=O)NC(C)(C)C)ccc1F. The van der Waals surface area contributed by atoms with Crippen LogP contribution in [0.5, 0.6) is 0 Å². The molecule has 0 bridgehead atoms. The summed E-state index contributed by atoms with van der Waals surface area (Å²) in [6.07, 6.45) is 0. The van der Waals surface area contributed by atoms with Crippen LogP contribution < -0.4 is 21.3 Å². The van der Waals surface area contributed by atoms with E-state index in [1.165, 1.54) is 19.2 Å². The summed E-state index contributed by atoms with van der Waals surface area (Å²) >= 11 is 0. The van der Waals surface area contributed by atoms with Crippen LogP contribution in [0.1, 0.15) is 38.1 Å². The Balaban J connectivity index is 2.72. The van der Waals surface area contributed by atoms with E-state index >= 15 is 0 Å². The third kappa shape index (κ3) is 5.86. The van der Waals surface area contributed by atoms with Gasteiger partial charge in [-0.05, 0) is 45.9 Å². The van der Waals surface area contributed by atoms with E-state index in [1.54, 1.807) is 6.92 Å². The van der Waals surface area contributed by atoms with Crippen LogP contribution in [0.4, 0.5) is 14.9 Å². The molecule has 132 valence electrons. The van der Waals surface area contributed by atoms with Gasteiger partial charge < -0.3 is 21.3 Å². The first-order chi connectivity index (χ1) is 11.0. The molecule has 7 nitrogen and oxygen atoms in total. The topological polar surface area (TPSA) is 99.3 Å². The zero-order valence-corrected chi connectivity index (χ0v) is 14.4. The van der Waals surface area contributed by atoms with Gasteiger partial charge in [0.25, 0.3) is 5.91 Å². The van der Waals surface area contributed by atoms with Crippen molar-refractivity contribution in [2.45, 2.75) is 39.3 Å². The van der Waals surface area contributed by atoms with Crippen LogP contribution in [0.15, 0.2) is 18.2 Å². The number of rotatable bonds is 4. The number of halogens is 1. The molecule has 0 aliphatic heterocycles. The smallest absolute Gasteiger partial charge is 0.319 e. The molecule has 0 aliphatic rings. The molecular formula is C16H23FN4O3. The molecule has 0 aliphatic carbocycles. The molecule has 0 aromatic heterocycles. The van der Waals surface area contributed by atoms with Crippen molar-refractivity contribution in [3.63, 3.8) is 0 Å². The molecule has 4 amide bonds. The molecular weight excluding hydrogens is 315 g/mol. The Morgan fingerprint density at radius 3 is 2.33 bits per heavy atom. The maximum absolute atomic E-state index is 13.6. The molecule has 1 rings (SSSR count). The normalized spacial score (nSPS) is 12.1. The third-order valence-electron chi connectivity index (χ3n) is 2.94. The number of anilines is 1. The largest absolute Gasteiger partial charge is 0.355 e. The van der Waals surface area contributed by atoms with Crippen molar-refractivity contribution in [2.24, 2.45) is 0 Å². The van der Waals surface area contributed by atoms with Gasteiger partial charge in [-0.2, -0.15) is 0 Å². The molecule has 1 aromatic rings. The Morgan fingerprint density at radius 2 is 1.79 bits per heavy atom. The van der Waals surface area contributed by atoms with Gasteiger partial charge in [0.15, 0.2) is 0 Å². The number of carbonyl (C=O) groups excluding carboxylic acids is 3. The highest BCUT2D eigenvalue weighted by molar-refractivity contribution is 5.97. The number of carbonyl (C=O) groups is 3. The standard InChI is InChI=1S/C16H23FN4O3/c1-9(13(22)21-16(2,3)4)19-15(24)20-10-6-7-12(17)11(8-10)14(23)18-5/h6-9H,1-5H3,(H,18,23)(H,21,22)(H2,19,20,24). The van der Waals surface area contributed by atoms with Gasteiger partial charge in [0.05, 0.1) is 5.56 Å². The molecule has 24 heavy (non-hydrogen) atoms. The Hall–Kier alpha value is -2.64. The zero-order valence-electron chi connectivity index (χ0n) is 14.4. The molecule has 1 atom stereocenters. The van der Waals surface area contributed by atoms with Gasteiger partial charge in [-0.1, -0.05) is 0 Å². The van der Waals surface area contributed by atoms with Gasteiger partial charge in [-0.15, -0.1) is 0 Å². The van der Waals surface area contributed by atoms with E-state index in [-0.39, 0.29) is 17.2 Å². The second-order valence-electron chi connectivity index (χ2n) is 6.33. The van der Waals surface area contributed by atoms with Gasteiger partial charge in [-0.25, -0.2) is 9.18 Å². The van der Waals surface area contributed by atoms with Crippen LogP contribution in [0, 0.1) is 5.82 Å². The summed E-state index contributed by atoms with van der Waals surface area (Å²) in [6.45, 7) is 7.03. The Kier molecular flexibility index (Phi) is 6.27. The molecule has 0 saturated carbocycles. The highest BCUT2D eigenvalue weighted by Crippen LogP contribution is 2.14. The molecule has 1 unspecified atom stereocenters. The van der Waals surface area contributed by atoms with Crippen molar-refractivity contribution in [1.82, 2.24) is 16.0 Å². The second kappa shape index (κ2) is 7.76. The van der Waals surface area contributed by atoms with Gasteiger partial charge in [-0.3, -0.25) is 9.59 Å². The van der Waals surface area contributed by atoms with Gasteiger partial charge in [0, 0.05) is 18.3 Å². The van der Waals surface area contributed by atoms with E-state index in [4.69, 9.17) is 0 Å². The lowest BCUT2D eigenvalue weighted by Crippen LogP contribution is -2.51. The van der Waals surface area contributed by atoms with Crippen molar-refractivity contribution in [1.29, 1.82) is 0 Å². The van der Waals surface area contributed by atoms with Crippen molar-refractivity contribution in [3.05, 3.63) is 29.6 Å². The Morgan fingerprint density at radius 1 is 1.17 bits per heavy atom. The van der Waals surface area contributed by atoms with E-state index in [1.807, 2.05) is 20.8 Å². The quantitative estimate of drug-likeness (QED) is 0.671. The number of nitrogens with one attached hydrogen (secondary N) is 4. The van der Waals surface area contributed by atoms with Gasteiger partial charge in [0.2, 0.25) is 5.91 Å². The summed E-state index contributed by atoms with van der Waals surface area (Å²) in [7, 11) is 1.38. The average molecular weight is 338 g/mol. The highest BCUT2D eigenvalue weighted by Gasteiger charge is 2.21. The number of benzene rings is 1. The summed E-state index contributed by atoms with van der Waals surface area (Å²) in [6, 6.07) is 2.22. The van der Waals surface area contributed by atoms with Gasteiger partial charge >= 0.3 is 6.03 Å². The minimum atomic E-state index is -0.761. The van der Waals surface area contributed by atoms with Crippen LogP contribution in [-0.2, 0) is 4.79 Å². The van der Waals surface area contributed by atoms with Gasteiger partial charge in [0.1, 0.15) is 11.9 Å². The average Bonchev–Trinajstić information content (AvgIpc) is 2.46. The first kappa shape index (κ1) is 19.4. The van der Waals surface area contributed by atoms with Crippen LogP contribution in [0.2, 0.25) is 0 Å². The monoisotopic (exact) mass is 338 g/mol. The second-order valence-corrected chi connectivity index (χ2v) is 6.33. The number of hydrogen-bond donors (Lipinski definition) is 4. The summed E-state index contributed by atoms with van der Waals surface area (Å²) < 4.78 is 13.6. The molecule has 0 saturated heterocycles. The zero-order chi connectivity index (χ0) is 18.5. The van der Waals surface area contributed by atoms with E-state index in [0.29, 0.717) is 0 Å². The summed E-state index contributed by atoms with van der Waals surface area (Å²) in [5.41, 5.74) is -0.368. The fraction of sp³-hybridized carbons (Fsp3) is 0.438. The van der Waals surface area contributed by atoms with Crippen LogP contribution in [0.25, 0.3) is 0 Å². The van der Waals surface area contributed by atoms with Crippen molar-refractivity contribution < 1.29 is 18.8 Å². The minimum absolute atomic E-state index is 0.186. The first-order valence-electron chi connectivity index (χ1n) is 7.44. The van der Waals surface area contributed by atoms with E-state index < -0.39 is 29.3 Å². The lowest BCUT2D eigenvalue weighted by Gasteiger charge is -2.23. The number of amides is 4. The summed E-state index contributed by atoms with van der Waals surface area (Å²) in [5.74, 6) is -1.63. The molecule has 0 fully saturated rings. The van der Waals surface area contributed by atoms with Crippen LogP contribution >= 0.6 is 0 Å². The van der Waals surface area contributed by atoms with Crippen LogP contribution in [-0.4, -0.2) is 36.5 Å². The highest BCUT2D eigenvalue weighted by atomic mass is 19.1. The number of urea groups is 1. The van der Waals surface area contributed by atoms with Crippen molar-refractivity contribution in [3.8, 4) is 0 Å². The predicted octanol–water partition coefficient (Wildman–Crippen LogP) is 1.61. The maximum Gasteiger partial charge on any atom is 0.319 e. The lowest BCUT2D eigenvalue weighted by atomic mass is 10.1. The van der Waals surface area contributed by atoms with Crippen molar-refractivity contribution >= 4 is 23.5 Å². The lowest BCUT2D eigenvalue weighted by molar-refractivity contribution is -0.123.